The summed E-state index contributed by atoms with van der Waals surface area (Å²) in [6.07, 6.45) is 8.55. The lowest BCUT2D eigenvalue weighted by Gasteiger charge is -2.01. The summed E-state index contributed by atoms with van der Waals surface area (Å²) in [7, 11) is 0. The average Bonchev–Trinajstić information content (AvgIpc) is 3.22. The molecular weight excluding hydrogens is 340 g/mol. The second-order valence-electron chi connectivity index (χ2n) is 6.00. The molecule has 0 fully saturated rings. The van der Waals surface area contributed by atoms with Crippen LogP contribution < -0.4 is 21.8 Å². The molecule has 0 aliphatic heterocycles. The molecule has 2 N–H and O–H groups in total. The van der Waals surface area contributed by atoms with Crippen LogP contribution in [-0.2, 0) is 0 Å². The van der Waals surface area contributed by atoms with Gasteiger partial charge in [0.15, 0.2) is 0 Å². The standard InChI is InChI=1S/C21H16N4O2/c26-20-18(12-15-4-2-1-3-5-15)23-21(27)19(24-20)13-16-6-8-17(9-7-16)25-11-10-22-14-25/h1-14H,(H,23,27)(H,24,26)/b18-12-,19-13-. The Bertz CT molecular complexity index is 1280. The highest BCUT2D eigenvalue weighted by molar-refractivity contribution is 5.51. The van der Waals surface area contributed by atoms with Crippen LogP contribution in [0.3, 0.4) is 0 Å². The third kappa shape index (κ3) is 3.69. The molecule has 132 valence electrons. The molecule has 0 aliphatic rings. The molecule has 2 aromatic heterocycles. The van der Waals surface area contributed by atoms with Gasteiger partial charge in [-0.3, -0.25) is 9.59 Å². The van der Waals surface area contributed by atoms with E-state index in [2.05, 4.69) is 15.0 Å². The van der Waals surface area contributed by atoms with E-state index in [1.54, 1.807) is 24.7 Å². The number of imidazole rings is 1. The SMILES string of the molecule is O=c1[nH]/c(=C\c2ccc(-n3ccnc3)cc2)c(=O)[nH]/c1=C\c1ccccc1. The number of rotatable bonds is 3. The van der Waals surface area contributed by atoms with E-state index in [9.17, 15) is 9.59 Å². The number of nitrogens with one attached hydrogen (secondary N) is 2. The van der Waals surface area contributed by atoms with Crippen molar-refractivity contribution < 1.29 is 0 Å². The molecule has 0 amide bonds. The zero-order valence-electron chi connectivity index (χ0n) is 14.3. The van der Waals surface area contributed by atoms with E-state index in [-0.39, 0.29) is 21.8 Å². The van der Waals surface area contributed by atoms with Crippen LogP contribution in [-0.4, -0.2) is 19.5 Å². The molecule has 0 spiro atoms. The molecule has 0 atom stereocenters. The molecule has 6 nitrogen and oxygen atoms in total. The Hall–Kier alpha value is -3.93. The van der Waals surface area contributed by atoms with Crippen LogP contribution >= 0.6 is 0 Å². The van der Waals surface area contributed by atoms with E-state index in [0.29, 0.717) is 0 Å². The molecule has 27 heavy (non-hydrogen) atoms. The number of hydrogen-bond acceptors (Lipinski definition) is 3. The lowest BCUT2D eigenvalue weighted by molar-refractivity contribution is 1.00. The summed E-state index contributed by atoms with van der Waals surface area (Å²) in [6.45, 7) is 0. The molecule has 4 rings (SSSR count). The van der Waals surface area contributed by atoms with E-state index in [1.807, 2.05) is 65.4 Å². The largest absolute Gasteiger partial charge is 0.316 e. The zero-order valence-corrected chi connectivity index (χ0v) is 14.3. The number of aromatic nitrogens is 4. The van der Waals surface area contributed by atoms with Gasteiger partial charge in [0.25, 0.3) is 11.1 Å². The molecule has 0 bridgehead atoms. The quantitative estimate of drug-likeness (QED) is 0.572. The van der Waals surface area contributed by atoms with Gasteiger partial charge in [0.1, 0.15) is 10.7 Å². The van der Waals surface area contributed by atoms with Crippen molar-refractivity contribution in [2.45, 2.75) is 0 Å². The van der Waals surface area contributed by atoms with Gasteiger partial charge >= 0.3 is 0 Å². The fraction of sp³-hybridized carbons (Fsp3) is 0. The second-order valence-corrected chi connectivity index (χ2v) is 6.00. The smallest absolute Gasteiger partial charge is 0.272 e. The lowest BCUT2D eigenvalue weighted by atomic mass is 10.2. The molecule has 0 aliphatic carbocycles. The highest BCUT2D eigenvalue weighted by Crippen LogP contribution is 2.09. The highest BCUT2D eigenvalue weighted by Gasteiger charge is 1.98. The summed E-state index contributed by atoms with van der Waals surface area (Å²) in [4.78, 5) is 34.0. The number of benzene rings is 2. The molecule has 4 aromatic rings. The van der Waals surface area contributed by atoms with E-state index in [0.717, 1.165) is 16.8 Å². The minimum atomic E-state index is -0.351. The fourth-order valence-corrected chi connectivity index (χ4v) is 2.73. The van der Waals surface area contributed by atoms with Crippen molar-refractivity contribution in [1.29, 1.82) is 0 Å². The van der Waals surface area contributed by atoms with Crippen LogP contribution in [0.4, 0.5) is 0 Å². The van der Waals surface area contributed by atoms with Gasteiger partial charge in [-0.25, -0.2) is 4.98 Å². The maximum absolute atomic E-state index is 12.4. The van der Waals surface area contributed by atoms with Gasteiger partial charge in [0, 0.05) is 18.1 Å². The Balaban J connectivity index is 1.72. The Kier molecular flexibility index (Phi) is 4.37. The first-order valence-electron chi connectivity index (χ1n) is 8.38. The van der Waals surface area contributed by atoms with Crippen molar-refractivity contribution in [1.82, 2.24) is 19.5 Å². The molecule has 2 heterocycles. The van der Waals surface area contributed by atoms with Crippen LogP contribution in [0.1, 0.15) is 11.1 Å². The Labute approximate surface area is 153 Å². The molecule has 0 saturated heterocycles. The predicted octanol–water partition coefficient (Wildman–Crippen LogP) is 0.906. The van der Waals surface area contributed by atoms with Gasteiger partial charge in [-0.05, 0) is 35.4 Å². The fourth-order valence-electron chi connectivity index (χ4n) is 2.73. The molecular formula is C21H16N4O2. The van der Waals surface area contributed by atoms with Gasteiger partial charge in [0.05, 0.1) is 6.33 Å². The van der Waals surface area contributed by atoms with Crippen LogP contribution in [0.5, 0.6) is 0 Å². The third-order valence-electron chi connectivity index (χ3n) is 4.10. The summed E-state index contributed by atoms with van der Waals surface area (Å²) in [6, 6.07) is 16.9. The predicted molar refractivity (Wildman–Crippen MR) is 104 cm³/mol. The van der Waals surface area contributed by atoms with Crippen molar-refractivity contribution >= 4 is 12.2 Å². The van der Waals surface area contributed by atoms with Gasteiger partial charge < -0.3 is 14.5 Å². The van der Waals surface area contributed by atoms with Crippen LogP contribution in [0.25, 0.3) is 17.8 Å². The van der Waals surface area contributed by atoms with Crippen LogP contribution in [0, 0.1) is 0 Å². The van der Waals surface area contributed by atoms with Gasteiger partial charge in [-0.2, -0.15) is 0 Å². The van der Waals surface area contributed by atoms with E-state index >= 15 is 0 Å². The lowest BCUT2D eigenvalue weighted by Crippen LogP contribution is -2.46. The first-order chi connectivity index (χ1) is 13.2. The molecule has 2 aromatic carbocycles. The van der Waals surface area contributed by atoms with Crippen molar-refractivity contribution in [2.24, 2.45) is 0 Å². The highest BCUT2D eigenvalue weighted by atomic mass is 16.1. The number of nitrogens with zero attached hydrogens (tertiary/aromatic N) is 2. The minimum Gasteiger partial charge on any atom is -0.316 e. The summed E-state index contributed by atoms with van der Waals surface area (Å²) >= 11 is 0. The number of aromatic amines is 2. The maximum atomic E-state index is 12.4. The summed E-state index contributed by atoms with van der Waals surface area (Å²) in [5.74, 6) is 0. The van der Waals surface area contributed by atoms with Crippen molar-refractivity contribution in [2.75, 3.05) is 0 Å². The Morgan fingerprint density at radius 3 is 1.93 bits per heavy atom. The van der Waals surface area contributed by atoms with E-state index in [4.69, 9.17) is 0 Å². The van der Waals surface area contributed by atoms with Gasteiger partial charge in [-0.1, -0.05) is 42.5 Å². The first kappa shape index (κ1) is 16.5. The monoisotopic (exact) mass is 356 g/mol. The molecule has 0 radical (unpaired) electrons. The minimum absolute atomic E-state index is 0.209. The summed E-state index contributed by atoms with van der Waals surface area (Å²) in [5.41, 5.74) is 1.90. The van der Waals surface area contributed by atoms with E-state index in [1.165, 1.54) is 0 Å². The molecule has 0 saturated carbocycles. The third-order valence-corrected chi connectivity index (χ3v) is 4.10. The van der Waals surface area contributed by atoms with E-state index < -0.39 is 0 Å². The second kappa shape index (κ2) is 7.13. The zero-order chi connectivity index (χ0) is 18.6. The van der Waals surface area contributed by atoms with Crippen molar-refractivity contribution in [3.8, 4) is 5.69 Å². The topological polar surface area (TPSA) is 83.5 Å². The molecule has 0 unspecified atom stereocenters. The van der Waals surface area contributed by atoms with Crippen LogP contribution in [0.15, 0.2) is 82.9 Å². The van der Waals surface area contributed by atoms with Gasteiger partial charge in [0.2, 0.25) is 0 Å². The summed E-state index contributed by atoms with van der Waals surface area (Å²) < 4.78 is 1.88. The number of H-pyrrole nitrogens is 2. The Morgan fingerprint density at radius 2 is 1.37 bits per heavy atom. The normalized spacial score (nSPS) is 12.4. The Morgan fingerprint density at radius 1 is 0.778 bits per heavy atom. The van der Waals surface area contributed by atoms with Gasteiger partial charge in [-0.15, -0.1) is 0 Å². The van der Waals surface area contributed by atoms with Crippen LogP contribution in [0.2, 0.25) is 0 Å². The van der Waals surface area contributed by atoms with Crippen molar-refractivity contribution in [3.63, 3.8) is 0 Å². The first-order valence-corrected chi connectivity index (χ1v) is 8.38. The number of hydrogen-bond donors (Lipinski definition) is 2. The summed E-state index contributed by atoms with van der Waals surface area (Å²) in [5, 5.41) is 0.430. The van der Waals surface area contributed by atoms with Crippen molar-refractivity contribution in [3.05, 3.63) is 116 Å². The molecule has 6 heteroatoms. The average molecular weight is 356 g/mol. The maximum Gasteiger partial charge on any atom is 0.272 e.